The second-order valence-corrected chi connectivity index (χ2v) is 6.05. The van der Waals surface area contributed by atoms with Gasteiger partial charge in [-0.2, -0.15) is 0 Å². The van der Waals surface area contributed by atoms with Crippen LogP contribution >= 0.6 is 11.3 Å². The Bertz CT molecular complexity index is 436. The zero-order valence-electron chi connectivity index (χ0n) is 10.3. The summed E-state index contributed by atoms with van der Waals surface area (Å²) in [5.74, 6) is 0. The SMILES string of the molecule is CC(C)(C)OC(=O)N1CCCc2nc(N)sc21. The van der Waals surface area contributed by atoms with E-state index in [1.165, 1.54) is 11.3 Å². The van der Waals surface area contributed by atoms with E-state index in [0.717, 1.165) is 23.5 Å². The number of ether oxygens (including phenoxy) is 1. The summed E-state index contributed by atoms with van der Waals surface area (Å²) in [6, 6.07) is 0. The van der Waals surface area contributed by atoms with E-state index in [0.29, 0.717) is 11.7 Å². The molecule has 2 rings (SSSR count). The van der Waals surface area contributed by atoms with Gasteiger partial charge in [0.05, 0.1) is 5.69 Å². The summed E-state index contributed by atoms with van der Waals surface area (Å²) in [5, 5.41) is 1.34. The molecule has 2 heterocycles. The summed E-state index contributed by atoms with van der Waals surface area (Å²) in [6.07, 6.45) is 1.46. The summed E-state index contributed by atoms with van der Waals surface area (Å²) >= 11 is 1.34. The molecule has 2 N–H and O–H groups in total. The van der Waals surface area contributed by atoms with Gasteiger partial charge < -0.3 is 10.5 Å². The lowest BCUT2D eigenvalue weighted by molar-refractivity contribution is 0.0579. The number of nitrogen functional groups attached to an aromatic ring is 1. The Balaban J connectivity index is 2.21. The quantitative estimate of drug-likeness (QED) is 0.773. The van der Waals surface area contributed by atoms with Crippen LogP contribution in [0.2, 0.25) is 0 Å². The molecule has 0 saturated heterocycles. The number of carbonyl (C=O) groups excluding carboxylic acids is 1. The highest BCUT2D eigenvalue weighted by molar-refractivity contribution is 7.19. The van der Waals surface area contributed by atoms with Crippen molar-refractivity contribution < 1.29 is 9.53 Å². The molecule has 0 saturated carbocycles. The molecule has 1 aliphatic rings. The zero-order chi connectivity index (χ0) is 12.6. The first-order chi connectivity index (χ1) is 7.87. The number of nitrogens with zero attached hydrogens (tertiary/aromatic N) is 2. The van der Waals surface area contributed by atoms with Gasteiger partial charge in [-0.25, -0.2) is 9.78 Å². The Morgan fingerprint density at radius 1 is 1.53 bits per heavy atom. The standard InChI is InChI=1S/C11H17N3O2S/c1-11(2,3)16-10(15)14-6-4-5-7-8(14)17-9(12)13-7/h4-6H2,1-3H3,(H2,12,13). The van der Waals surface area contributed by atoms with Gasteiger partial charge in [0.2, 0.25) is 0 Å². The van der Waals surface area contributed by atoms with E-state index in [4.69, 9.17) is 10.5 Å². The first-order valence-electron chi connectivity index (χ1n) is 5.62. The number of amides is 1. The highest BCUT2D eigenvalue weighted by Crippen LogP contribution is 2.35. The van der Waals surface area contributed by atoms with Crippen LogP contribution in [0.3, 0.4) is 0 Å². The van der Waals surface area contributed by atoms with Crippen molar-refractivity contribution in [2.45, 2.75) is 39.2 Å². The fourth-order valence-corrected chi connectivity index (χ4v) is 2.63. The number of aromatic nitrogens is 1. The van der Waals surface area contributed by atoms with Crippen molar-refractivity contribution in [1.82, 2.24) is 4.98 Å². The maximum atomic E-state index is 12.0. The fourth-order valence-electron chi connectivity index (χ4n) is 1.73. The molecular weight excluding hydrogens is 238 g/mol. The molecule has 0 radical (unpaired) electrons. The van der Waals surface area contributed by atoms with Crippen LogP contribution in [0, 0.1) is 0 Å². The first-order valence-corrected chi connectivity index (χ1v) is 6.44. The minimum atomic E-state index is -0.481. The third-order valence-corrected chi connectivity index (χ3v) is 3.30. The predicted molar refractivity (Wildman–Crippen MR) is 68.4 cm³/mol. The molecule has 0 unspecified atom stereocenters. The molecule has 0 spiro atoms. The number of hydrogen-bond donors (Lipinski definition) is 1. The molecule has 0 aromatic carbocycles. The first kappa shape index (κ1) is 12.2. The van der Waals surface area contributed by atoms with Crippen molar-refractivity contribution >= 4 is 27.6 Å². The van der Waals surface area contributed by atoms with Gasteiger partial charge >= 0.3 is 6.09 Å². The van der Waals surface area contributed by atoms with Crippen LogP contribution in [-0.2, 0) is 11.2 Å². The van der Waals surface area contributed by atoms with E-state index >= 15 is 0 Å². The molecule has 5 nitrogen and oxygen atoms in total. The van der Waals surface area contributed by atoms with Crippen molar-refractivity contribution in [3.63, 3.8) is 0 Å². The van der Waals surface area contributed by atoms with Gasteiger partial charge in [-0.15, -0.1) is 0 Å². The Morgan fingerprint density at radius 3 is 2.88 bits per heavy atom. The highest BCUT2D eigenvalue weighted by Gasteiger charge is 2.29. The summed E-state index contributed by atoms with van der Waals surface area (Å²) in [6.45, 7) is 6.24. The molecule has 0 bridgehead atoms. The number of nitrogens with two attached hydrogens (primary N) is 1. The molecule has 1 aliphatic heterocycles. The van der Waals surface area contributed by atoms with Crippen LogP contribution < -0.4 is 10.6 Å². The molecule has 0 fully saturated rings. The van der Waals surface area contributed by atoms with Crippen molar-refractivity contribution in [3.8, 4) is 0 Å². The third kappa shape index (κ3) is 2.69. The number of aryl methyl sites for hydroxylation is 1. The summed E-state index contributed by atoms with van der Waals surface area (Å²) in [7, 11) is 0. The van der Waals surface area contributed by atoms with Gasteiger partial charge in [-0.3, -0.25) is 4.90 Å². The van der Waals surface area contributed by atoms with Crippen molar-refractivity contribution in [2.24, 2.45) is 0 Å². The second kappa shape index (κ2) is 4.18. The highest BCUT2D eigenvalue weighted by atomic mass is 32.1. The maximum Gasteiger partial charge on any atom is 0.415 e. The van der Waals surface area contributed by atoms with Crippen LogP contribution in [0.1, 0.15) is 32.9 Å². The normalized spacial score (nSPS) is 15.6. The lowest BCUT2D eigenvalue weighted by Crippen LogP contribution is -2.39. The van der Waals surface area contributed by atoms with Crippen LogP contribution in [0.15, 0.2) is 0 Å². The smallest absolute Gasteiger partial charge is 0.415 e. The van der Waals surface area contributed by atoms with Crippen molar-refractivity contribution in [2.75, 3.05) is 17.2 Å². The molecule has 0 atom stereocenters. The molecular formula is C11H17N3O2S. The Hall–Kier alpha value is -1.30. The summed E-state index contributed by atoms with van der Waals surface area (Å²) < 4.78 is 5.37. The molecule has 1 aromatic heterocycles. The minimum absolute atomic E-state index is 0.317. The zero-order valence-corrected chi connectivity index (χ0v) is 11.1. The molecule has 0 aliphatic carbocycles. The predicted octanol–water partition coefficient (Wildman–Crippen LogP) is 2.41. The molecule has 6 heteroatoms. The van der Waals surface area contributed by atoms with Gasteiger partial charge in [0.25, 0.3) is 0 Å². The Morgan fingerprint density at radius 2 is 2.24 bits per heavy atom. The van der Waals surface area contributed by atoms with E-state index in [1.54, 1.807) is 4.90 Å². The number of rotatable bonds is 0. The number of hydrogen-bond acceptors (Lipinski definition) is 5. The van der Waals surface area contributed by atoms with Gasteiger partial charge in [-0.1, -0.05) is 11.3 Å². The summed E-state index contributed by atoms with van der Waals surface area (Å²) in [4.78, 5) is 17.9. The number of thiazole rings is 1. The molecule has 17 heavy (non-hydrogen) atoms. The largest absolute Gasteiger partial charge is 0.443 e. The van der Waals surface area contributed by atoms with Gasteiger partial charge in [0, 0.05) is 6.54 Å². The van der Waals surface area contributed by atoms with E-state index in [9.17, 15) is 4.79 Å². The molecule has 94 valence electrons. The van der Waals surface area contributed by atoms with E-state index in [-0.39, 0.29) is 6.09 Å². The second-order valence-electron chi connectivity index (χ2n) is 5.04. The third-order valence-electron chi connectivity index (χ3n) is 2.35. The average Bonchev–Trinajstić information content (AvgIpc) is 2.54. The van der Waals surface area contributed by atoms with E-state index < -0.39 is 5.60 Å². The van der Waals surface area contributed by atoms with Crippen LogP contribution in [-0.4, -0.2) is 23.2 Å². The van der Waals surface area contributed by atoms with Crippen LogP contribution in [0.25, 0.3) is 0 Å². The van der Waals surface area contributed by atoms with Gasteiger partial charge in [-0.05, 0) is 33.6 Å². The lowest BCUT2D eigenvalue weighted by atomic mass is 10.1. The lowest BCUT2D eigenvalue weighted by Gasteiger charge is -2.28. The minimum Gasteiger partial charge on any atom is -0.443 e. The number of carbonyl (C=O) groups is 1. The van der Waals surface area contributed by atoms with Crippen LogP contribution in [0.4, 0.5) is 14.9 Å². The van der Waals surface area contributed by atoms with Crippen LogP contribution in [0.5, 0.6) is 0 Å². The molecule has 1 aromatic rings. The topological polar surface area (TPSA) is 68.5 Å². The Labute approximate surface area is 105 Å². The van der Waals surface area contributed by atoms with Crippen molar-refractivity contribution in [3.05, 3.63) is 5.69 Å². The summed E-state index contributed by atoms with van der Waals surface area (Å²) in [5.41, 5.74) is 6.10. The van der Waals surface area contributed by atoms with Gasteiger partial charge in [0.15, 0.2) is 5.13 Å². The average molecular weight is 255 g/mol. The van der Waals surface area contributed by atoms with Gasteiger partial charge in [0.1, 0.15) is 10.6 Å². The maximum absolute atomic E-state index is 12.0. The number of anilines is 2. The monoisotopic (exact) mass is 255 g/mol. The van der Waals surface area contributed by atoms with Crippen molar-refractivity contribution in [1.29, 1.82) is 0 Å². The molecule has 1 amide bonds. The van der Waals surface area contributed by atoms with E-state index in [1.807, 2.05) is 20.8 Å². The number of fused-ring (bicyclic) bond motifs is 1. The van der Waals surface area contributed by atoms with E-state index in [2.05, 4.69) is 4.98 Å². The fraction of sp³-hybridized carbons (Fsp3) is 0.636. The Kier molecular flexibility index (Phi) is 2.99.